The number of hydrogen-bond acceptors (Lipinski definition) is 5. The number of alkyl halides is 3. The molecule has 0 spiro atoms. The van der Waals surface area contributed by atoms with Gasteiger partial charge in [0.25, 0.3) is 5.91 Å². The fourth-order valence-electron chi connectivity index (χ4n) is 2.86. The first-order valence-corrected chi connectivity index (χ1v) is 9.06. The summed E-state index contributed by atoms with van der Waals surface area (Å²) in [5.74, 6) is -1.00. The van der Waals surface area contributed by atoms with Crippen LogP contribution in [0, 0.1) is 11.3 Å². The number of halogens is 3. The molecular weight excluding hydrogens is 399 g/mol. The molecule has 2 aromatic rings. The zero-order chi connectivity index (χ0) is 21.6. The molecule has 1 aliphatic heterocycles. The molecule has 0 saturated carbocycles. The number of nitrogens with one attached hydrogen (secondary N) is 1. The number of ether oxygens (including phenoxy) is 2. The van der Waals surface area contributed by atoms with Crippen LogP contribution < -0.4 is 15.0 Å². The Morgan fingerprint density at radius 1 is 1.10 bits per heavy atom. The monoisotopic (exact) mass is 417 g/mol. The van der Waals surface area contributed by atoms with Gasteiger partial charge in [-0.2, -0.15) is 5.26 Å². The summed E-state index contributed by atoms with van der Waals surface area (Å²) in [7, 11) is 0. The number of carbonyl (C=O) groups excluding carboxylic acids is 1. The molecule has 3 rings (SSSR count). The normalized spacial score (nSPS) is 14.7. The van der Waals surface area contributed by atoms with Crippen molar-refractivity contribution in [1.29, 1.82) is 5.26 Å². The third kappa shape index (κ3) is 5.99. The lowest BCUT2D eigenvalue weighted by molar-refractivity contribution is -0.274. The van der Waals surface area contributed by atoms with Crippen molar-refractivity contribution in [2.75, 3.05) is 36.5 Å². The van der Waals surface area contributed by atoms with E-state index in [4.69, 9.17) is 4.74 Å². The van der Waals surface area contributed by atoms with Crippen LogP contribution in [0.1, 0.15) is 5.56 Å². The van der Waals surface area contributed by atoms with E-state index in [0.717, 1.165) is 30.9 Å². The summed E-state index contributed by atoms with van der Waals surface area (Å²) in [4.78, 5) is 14.6. The third-order valence-corrected chi connectivity index (χ3v) is 4.29. The highest BCUT2D eigenvalue weighted by Crippen LogP contribution is 2.24. The number of nitriles is 1. The maximum absolute atomic E-state index is 12.4. The molecule has 9 heteroatoms. The van der Waals surface area contributed by atoms with Crippen molar-refractivity contribution in [3.05, 3.63) is 59.7 Å². The molecule has 0 aromatic heterocycles. The molecular formula is C21H18F3N3O3. The minimum Gasteiger partial charge on any atom is -0.406 e. The number of anilines is 2. The maximum atomic E-state index is 12.4. The van der Waals surface area contributed by atoms with Gasteiger partial charge in [0.05, 0.1) is 13.2 Å². The Hall–Kier alpha value is -3.51. The number of amides is 1. The van der Waals surface area contributed by atoms with Gasteiger partial charge < -0.3 is 19.7 Å². The van der Waals surface area contributed by atoms with Crippen molar-refractivity contribution < 1.29 is 27.4 Å². The Morgan fingerprint density at radius 2 is 1.73 bits per heavy atom. The second-order valence-corrected chi connectivity index (χ2v) is 6.39. The first-order chi connectivity index (χ1) is 14.3. The fraction of sp³-hybridized carbons (Fsp3) is 0.238. The quantitative estimate of drug-likeness (QED) is 0.589. The molecule has 1 fully saturated rings. The van der Waals surface area contributed by atoms with Gasteiger partial charge in [0.15, 0.2) is 0 Å². The van der Waals surface area contributed by atoms with E-state index in [-0.39, 0.29) is 11.3 Å². The van der Waals surface area contributed by atoms with Gasteiger partial charge in [-0.1, -0.05) is 12.1 Å². The molecule has 1 N–H and O–H groups in total. The SMILES string of the molecule is N#C/C(=C\c1ccc(OC(F)(F)F)cc1)C(=O)Nc1ccc(N2CCOCC2)cc1. The van der Waals surface area contributed by atoms with Crippen LogP contribution in [0.4, 0.5) is 24.5 Å². The minimum atomic E-state index is -4.79. The Morgan fingerprint density at radius 3 is 2.30 bits per heavy atom. The van der Waals surface area contributed by atoms with Gasteiger partial charge in [-0.3, -0.25) is 4.79 Å². The fourth-order valence-corrected chi connectivity index (χ4v) is 2.86. The standard InChI is InChI=1S/C21H18F3N3O3/c22-21(23,24)30-19-7-1-15(2-8-19)13-16(14-25)20(28)26-17-3-5-18(6-4-17)27-9-11-29-12-10-27/h1-8,13H,9-12H2,(H,26,28)/b16-13+. The van der Waals surface area contributed by atoms with Gasteiger partial charge in [0, 0.05) is 24.5 Å². The van der Waals surface area contributed by atoms with E-state index in [9.17, 15) is 23.2 Å². The van der Waals surface area contributed by atoms with Gasteiger partial charge in [-0.25, -0.2) is 0 Å². The highest BCUT2D eigenvalue weighted by molar-refractivity contribution is 6.09. The van der Waals surface area contributed by atoms with Crippen LogP contribution in [0.5, 0.6) is 5.75 Å². The van der Waals surface area contributed by atoms with Crippen LogP contribution in [-0.4, -0.2) is 38.6 Å². The second-order valence-electron chi connectivity index (χ2n) is 6.39. The Balaban J connectivity index is 1.65. The number of benzene rings is 2. The predicted molar refractivity (Wildman–Crippen MR) is 105 cm³/mol. The number of nitrogens with zero attached hydrogens (tertiary/aromatic N) is 2. The van der Waals surface area contributed by atoms with Crippen LogP contribution in [0.15, 0.2) is 54.1 Å². The molecule has 0 atom stereocenters. The summed E-state index contributed by atoms with van der Waals surface area (Å²) in [6, 6.07) is 13.9. The maximum Gasteiger partial charge on any atom is 0.573 e. The van der Waals surface area contributed by atoms with Crippen molar-refractivity contribution in [2.45, 2.75) is 6.36 Å². The topological polar surface area (TPSA) is 74.6 Å². The van der Waals surface area contributed by atoms with Gasteiger partial charge in [0.1, 0.15) is 17.4 Å². The van der Waals surface area contributed by atoms with Crippen LogP contribution in [0.2, 0.25) is 0 Å². The van der Waals surface area contributed by atoms with Gasteiger partial charge in [0.2, 0.25) is 0 Å². The zero-order valence-electron chi connectivity index (χ0n) is 15.8. The van der Waals surface area contributed by atoms with Crippen LogP contribution in [0.25, 0.3) is 6.08 Å². The minimum absolute atomic E-state index is 0.184. The highest BCUT2D eigenvalue weighted by atomic mass is 19.4. The summed E-state index contributed by atoms with van der Waals surface area (Å²) < 4.78 is 45.7. The van der Waals surface area contributed by atoms with Gasteiger partial charge in [-0.05, 0) is 48.0 Å². The smallest absolute Gasteiger partial charge is 0.406 e. The lowest BCUT2D eigenvalue weighted by Crippen LogP contribution is -2.36. The Labute approximate surface area is 171 Å². The summed E-state index contributed by atoms with van der Waals surface area (Å²) in [6.45, 7) is 2.91. The van der Waals surface area contributed by atoms with Crippen molar-refractivity contribution in [2.24, 2.45) is 0 Å². The van der Waals surface area contributed by atoms with Crippen LogP contribution >= 0.6 is 0 Å². The summed E-state index contributed by atoms with van der Waals surface area (Å²) >= 11 is 0. The molecule has 0 radical (unpaired) electrons. The Kier molecular flexibility index (Phi) is 6.59. The van der Waals surface area contributed by atoms with Gasteiger partial charge in [-0.15, -0.1) is 13.2 Å². The van der Waals surface area contributed by atoms with E-state index in [1.807, 2.05) is 12.1 Å². The number of rotatable bonds is 5. The third-order valence-electron chi connectivity index (χ3n) is 4.29. The molecule has 1 amide bonds. The molecule has 2 aromatic carbocycles. The molecule has 0 unspecified atom stereocenters. The van der Waals surface area contributed by atoms with Crippen LogP contribution in [0.3, 0.4) is 0 Å². The molecule has 1 saturated heterocycles. The van der Waals surface area contributed by atoms with E-state index in [0.29, 0.717) is 24.5 Å². The molecule has 30 heavy (non-hydrogen) atoms. The molecule has 0 bridgehead atoms. The highest BCUT2D eigenvalue weighted by Gasteiger charge is 2.30. The van der Waals surface area contributed by atoms with Crippen molar-refractivity contribution >= 4 is 23.4 Å². The predicted octanol–water partition coefficient (Wildman–Crippen LogP) is 3.97. The largest absolute Gasteiger partial charge is 0.573 e. The molecule has 6 nitrogen and oxygen atoms in total. The first-order valence-electron chi connectivity index (χ1n) is 9.06. The molecule has 1 aliphatic rings. The summed E-state index contributed by atoms with van der Waals surface area (Å²) in [5, 5.41) is 11.9. The number of carbonyl (C=O) groups is 1. The van der Waals surface area contributed by atoms with Crippen molar-refractivity contribution in [3.8, 4) is 11.8 Å². The van der Waals surface area contributed by atoms with Crippen LogP contribution in [-0.2, 0) is 9.53 Å². The van der Waals surface area contributed by atoms with E-state index in [2.05, 4.69) is 15.0 Å². The lowest BCUT2D eigenvalue weighted by atomic mass is 10.1. The number of morpholine rings is 1. The molecule has 156 valence electrons. The number of hydrogen-bond donors (Lipinski definition) is 1. The zero-order valence-corrected chi connectivity index (χ0v) is 15.8. The summed E-state index contributed by atoms with van der Waals surface area (Å²) in [5.41, 5.74) is 1.73. The molecule has 1 heterocycles. The Bertz CT molecular complexity index is 943. The average Bonchev–Trinajstić information content (AvgIpc) is 2.73. The van der Waals surface area contributed by atoms with E-state index >= 15 is 0 Å². The van der Waals surface area contributed by atoms with Crippen molar-refractivity contribution in [1.82, 2.24) is 0 Å². The second kappa shape index (κ2) is 9.33. The van der Waals surface area contributed by atoms with E-state index in [1.165, 1.54) is 18.2 Å². The molecule has 0 aliphatic carbocycles. The van der Waals surface area contributed by atoms with E-state index < -0.39 is 12.3 Å². The first kappa shape index (κ1) is 21.2. The van der Waals surface area contributed by atoms with E-state index in [1.54, 1.807) is 18.2 Å². The van der Waals surface area contributed by atoms with Crippen molar-refractivity contribution in [3.63, 3.8) is 0 Å². The van der Waals surface area contributed by atoms with Gasteiger partial charge >= 0.3 is 6.36 Å². The average molecular weight is 417 g/mol. The summed E-state index contributed by atoms with van der Waals surface area (Å²) in [6.07, 6.45) is -3.50. The lowest BCUT2D eigenvalue weighted by Gasteiger charge is -2.28.